The van der Waals surface area contributed by atoms with Crippen LogP contribution in [0.3, 0.4) is 0 Å². The number of aromatic hydroxyl groups is 1. The zero-order valence-corrected chi connectivity index (χ0v) is 9.56. The molecule has 0 saturated carbocycles. The van der Waals surface area contributed by atoms with E-state index in [4.69, 9.17) is 4.84 Å². The van der Waals surface area contributed by atoms with Crippen LogP contribution in [-0.2, 0) is 0 Å². The van der Waals surface area contributed by atoms with Crippen molar-refractivity contribution < 1.29 is 9.94 Å². The van der Waals surface area contributed by atoms with Crippen molar-refractivity contribution in [1.82, 2.24) is 9.71 Å². The third-order valence-electron chi connectivity index (χ3n) is 2.62. The van der Waals surface area contributed by atoms with E-state index in [1.165, 1.54) is 0 Å². The molecule has 4 nitrogen and oxygen atoms in total. The summed E-state index contributed by atoms with van der Waals surface area (Å²) in [6.45, 7) is 3.84. The SMILES string of the molecule is COn1c(-c2ccccc2O)nc(C)c1C. The first-order valence-electron chi connectivity index (χ1n) is 5.04. The van der Waals surface area contributed by atoms with E-state index < -0.39 is 0 Å². The predicted molar refractivity (Wildman–Crippen MR) is 61.3 cm³/mol. The van der Waals surface area contributed by atoms with E-state index in [9.17, 15) is 5.11 Å². The number of imidazole rings is 1. The molecule has 4 heteroatoms. The lowest BCUT2D eigenvalue weighted by atomic mass is 10.2. The van der Waals surface area contributed by atoms with Gasteiger partial charge in [0.25, 0.3) is 0 Å². The molecule has 1 aromatic heterocycles. The average molecular weight is 218 g/mol. The lowest BCUT2D eigenvalue weighted by Gasteiger charge is -2.08. The molecule has 84 valence electrons. The van der Waals surface area contributed by atoms with Crippen LogP contribution in [0.15, 0.2) is 24.3 Å². The maximum atomic E-state index is 9.78. The Bertz CT molecular complexity index is 518. The van der Waals surface area contributed by atoms with Crippen LogP contribution < -0.4 is 4.84 Å². The van der Waals surface area contributed by atoms with Crippen molar-refractivity contribution in [3.05, 3.63) is 35.7 Å². The van der Waals surface area contributed by atoms with E-state index in [-0.39, 0.29) is 5.75 Å². The number of benzene rings is 1. The molecule has 1 aromatic carbocycles. The van der Waals surface area contributed by atoms with Crippen molar-refractivity contribution in [2.75, 3.05) is 7.11 Å². The molecule has 0 radical (unpaired) electrons. The predicted octanol–water partition coefficient (Wildman–Crippen LogP) is 1.93. The summed E-state index contributed by atoms with van der Waals surface area (Å²) < 4.78 is 1.62. The van der Waals surface area contributed by atoms with Crippen molar-refractivity contribution in [3.63, 3.8) is 0 Å². The fourth-order valence-corrected chi connectivity index (χ4v) is 1.65. The zero-order valence-electron chi connectivity index (χ0n) is 9.56. The van der Waals surface area contributed by atoms with Crippen molar-refractivity contribution in [2.24, 2.45) is 0 Å². The minimum absolute atomic E-state index is 0.200. The Morgan fingerprint density at radius 2 is 1.94 bits per heavy atom. The van der Waals surface area contributed by atoms with Gasteiger partial charge in [-0.2, -0.15) is 4.73 Å². The highest BCUT2D eigenvalue weighted by Gasteiger charge is 2.15. The Morgan fingerprint density at radius 3 is 2.56 bits per heavy atom. The van der Waals surface area contributed by atoms with Crippen molar-refractivity contribution in [2.45, 2.75) is 13.8 Å². The number of hydrogen-bond donors (Lipinski definition) is 1. The third-order valence-corrected chi connectivity index (χ3v) is 2.62. The van der Waals surface area contributed by atoms with Gasteiger partial charge in [-0.25, -0.2) is 4.98 Å². The molecule has 1 N–H and O–H groups in total. The summed E-state index contributed by atoms with van der Waals surface area (Å²) >= 11 is 0. The van der Waals surface area contributed by atoms with Crippen LogP contribution in [0, 0.1) is 13.8 Å². The summed E-state index contributed by atoms with van der Waals surface area (Å²) in [6, 6.07) is 7.08. The van der Waals surface area contributed by atoms with Gasteiger partial charge in [-0.1, -0.05) is 12.1 Å². The minimum Gasteiger partial charge on any atom is -0.507 e. The summed E-state index contributed by atoms with van der Waals surface area (Å²) in [5, 5.41) is 9.78. The monoisotopic (exact) mass is 218 g/mol. The molecular formula is C12H14N2O2. The van der Waals surface area contributed by atoms with Gasteiger partial charge in [0.15, 0.2) is 5.82 Å². The maximum absolute atomic E-state index is 9.78. The van der Waals surface area contributed by atoms with Gasteiger partial charge in [0, 0.05) is 0 Å². The van der Waals surface area contributed by atoms with Gasteiger partial charge in [-0.3, -0.25) is 0 Å². The van der Waals surface area contributed by atoms with E-state index in [2.05, 4.69) is 4.98 Å². The molecule has 0 unspecified atom stereocenters. The highest BCUT2D eigenvalue weighted by atomic mass is 16.6. The van der Waals surface area contributed by atoms with Crippen LogP contribution in [0.1, 0.15) is 11.4 Å². The van der Waals surface area contributed by atoms with Crippen LogP contribution >= 0.6 is 0 Å². The second kappa shape index (κ2) is 3.89. The largest absolute Gasteiger partial charge is 0.507 e. The minimum atomic E-state index is 0.200. The summed E-state index contributed by atoms with van der Waals surface area (Å²) in [7, 11) is 1.58. The fraction of sp³-hybridized carbons (Fsp3) is 0.250. The van der Waals surface area contributed by atoms with Gasteiger partial charge in [0.2, 0.25) is 0 Å². The van der Waals surface area contributed by atoms with E-state index in [1.807, 2.05) is 26.0 Å². The maximum Gasteiger partial charge on any atom is 0.179 e. The molecule has 0 bridgehead atoms. The van der Waals surface area contributed by atoms with E-state index in [0.717, 1.165) is 11.4 Å². The molecule has 16 heavy (non-hydrogen) atoms. The molecule has 1 heterocycles. The summed E-state index contributed by atoms with van der Waals surface area (Å²) in [5.41, 5.74) is 2.49. The van der Waals surface area contributed by atoms with Gasteiger partial charge in [0.05, 0.1) is 17.0 Å². The first-order chi connectivity index (χ1) is 7.65. The second-order valence-electron chi connectivity index (χ2n) is 3.60. The average Bonchev–Trinajstić information content (AvgIpc) is 2.56. The Kier molecular flexibility index (Phi) is 2.56. The molecular weight excluding hydrogens is 204 g/mol. The van der Waals surface area contributed by atoms with Crippen molar-refractivity contribution in [3.8, 4) is 17.1 Å². The number of hydrogen-bond acceptors (Lipinski definition) is 3. The number of phenols is 1. The smallest absolute Gasteiger partial charge is 0.179 e. The summed E-state index contributed by atoms with van der Waals surface area (Å²) in [4.78, 5) is 9.64. The molecule has 0 saturated heterocycles. The molecule has 0 amide bonds. The summed E-state index contributed by atoms with van der Waals surface area (Å²) in [6.07, 6.45) is 0. The van der Waals surface area contributed by atoms with Gasteiger partial charge in [0.1, 0.15) is 12.9 Å². The number of para-hydroxylation sites is 1. The summed E-state index contributed by atoms with van der Waals surface area (Å²) in [5.74, 6) is 0.821. The molecule has 0 aliphatic rings. The Hall–Kier alpha value is -1.97. The number of nitrogens with zero attached hydrogens (tertiary/aromatic N) is 2. The molecule has 0 aliphatic heterocycles. The normalized spacial score (nSPS) is 10.4. The highest BCUT2D eigenvalue weighted by molar-refractivity contribution is 5.64. The van der Waals surface area contributed by atoms with Gasteiger partial charge >= 0.3 is 0 Å². The first-order valence-corrected chi connectivity index (χ1v) is 5.04. The number of aromatic nitrogens is 2. The molecule has 0 atom stereocenters. The van der Waals surface area contributed by atoms with Gasteiger partial charge in [-0.15, -0.1) is 0 Å². The quantitative estimate of drug-likeness (QED) is 0.837. The van der Waals surface area contributed by atoms with Gasteiger partial charge < -0.3 is 9.94 Å². The topological polar surface area (TPSA) is 47.3 Å². The van der Waals surface area contributed by atoms with Crippen molar-refractivity contribution >= 4 is 0 Å². The van der Waals surface area contributed by atoms with Crippen LogP contribution in [0.2, 0.25) is 0 Å². The molecule has 2 rings (SSSR count). The number of rotatable bonds is 2. The lowest BCUT2D eigenvalue weighted by molar-refractivity contribution is 0.165. The molecule has 2 aromatic rings. The Labute approximate surface area is 94.1 Å². The molecule has 0 aliphatic carbocycles. The van der Waals surface area contributed by atoms with Crippen LogP contribution in [-0.4, -0.2) is 21.9 Å². The molecule has 0 spiro atoms. The van der Waals surface area contributed by atoms with Crippen LogP contribution in [0.4, 0.5) is 0 Å². The van der Waals surface area contributed by atoms with Gasteiger partial charge in [-0.05, 0) is 26.0 Å². The van der Waals surface area contributed by atoms with Crippen molar-refractivity contribution in [1.29, 1.82) is 0 Å². The van der Waals surface area contributed by atoms with E-state index in [1.54, 1.807) is 24.0 Å². The second-order valence-corrected chi connectivity index (χ2v) is 3.60. The van der Waals surface area contributed by atoms with E-state index >= 15 is 0 Å². The standard InChI is InChI=1S/C12H14N2O2/c1-8-9(2)14(16-3)12(13-8)10-6-4-5-7-11(10)15/h4-7,15H,1-3H3. The first kappa shape index (κ1) is 10.5. The molecule has 0 fully saturated rings. The highest BCUT2D eigenvalue weighted by Crippen LogP contribution is 2.28. The van der Waals surface area contributed by atoms with E-state index in [0.29, 0.717) is 11.4 Å². The number of phenolic OH excluding ortho intramolecular Hbond substituents is 1. The third kappa shape index (κ3) is 1.52. The zero-order chi connectivity index (χ0) is 11.7. The fourth-order valence-electron chi connectivity index (χ4n) is 1.65. The van der Waals surface area contributed by atoms with Crippen LogP contribution in [0.5, 0.6) is 5.75 Å². The lowest BCUT2D eigenvalue weighted by Crippen LogP contribution is -2.09. The Balaban J connectivity index is 2.65. The number of aryl methyl sites for hydroxylation is 1. The Morgan fingerprint density at radius 1 is 1.25 bits per heavy atom. The van der Waals surface area contributed by atoms with Crippen LogP contribution in [0.25, 0.3) is 11.4 Å².